The van der Waals surface area contributed by atoms with Crippen LogP contribution in [0.3, 0.4) is 0 Å². The van der Waals surface area contributed by atoms with Gasteiger partial charge in [0.25, 0.3) is 11.5 Å². The van der Waals surface area contributed by atoms with Crippen molar-refractivity contribution in [1.29, 1.82) is 0 Å². The van der Waals surface area contributed by atoms with Gasteiger partial charge in [0.05, 0.1) is 6.54 Å². The number of carbonyl (C=O) groups is 3. The number of nitrogens with one attached hydrogen (secondary N) is 1. The molecule has 1 N–H and O–H groups in total. The van der Waals surface area contributed by atoms with E-state index in [2.05, 4.69) is 10.3 Å². The molecule has 2 aromatic carbocycles. The number of halogens is 1. The summed E-state index contributed by atoms with van der Waals surface area (Å²) in [6, 6.07) is 16.2. The minimum atomic E-state index is -1.25. The summed E-state index contributed by atoms with van der Waals surface area (Å²) in [6.07, 6.45) is 4.18. The standard InChI is InChI=1S/C32H35FN6O5/c1-36(2)28(40)13-9-8-12-27(44-32(43)37(3)4)30(41)35-29-31(42)38(17-16-34-29)21-25-19-23-18-24(33)14-15-26(23)39(25)20-22-10-6-5-7-11-22/h5-7,9-11,13-19,27H,8,12,20-21H2,1-4H3,(H,34,35,41)/b13-9+/t27-/m0/s1. The Morgan fingerprint density at radius 2 is 1.77 bits per heavy atom. The minimum Gasteiger partial charge on any atom is -0.436 e. The second-order valence-corrected chi connectivity index (χ2v) is 10.6. The number of hydrogen-bond acceptors (Lipinski definition) is 6. The molecule has 4 rings (SSSR count). The fraction of sp³-hybridized carbons (Fsp3) is 0.281. The van der Waals surface area contributed by atoms with E-state index in [1.165, 1.54) is 59.1 Å². The summed E-state index contributed by atoms with van der Waals surface area (Å²) in [5.74, 6) is -1.56. The van der Waals surface area contributed by atoms with Crippen molar-refractivity contribution in [1.82, 2.24) is 23.9 Å². The van der Waals surface area contributed by atoms with Gasteiger partial charge in [-0.1, -0.05) is 36.4 Å². The highest BCUT2D eigenvalue weighted by Gasteiger charge is 2.25. The Morgan fingerprint density at radius 1 is 1.02 bits per heavy atom. The van der Waals surface area contributed by atoms with Gasteiger partial charge in [-0.25, -0.2) is 14.2 Å². The summed E-state index contributed by atoms with van der Waals surface area (Å²) >= 11 is 0. The molecular formula is C32H35FN6O5. The molecule has 0 unspecified atom stereocenters. The molecule has 0 aliphatic rings. The molecule has 11 nitrogen and oxygen atoms in total. The average Bonchev–Trinajstić information content (AvgIpc) is 3.31. The highest BCUT2D eigenvalue weighted by atomic mass is 19.1. The molecule has 0 aliphatic heterocycles. The van der Waals surface area contributed by atoms with Crippen molar-refractivity contribution in [2.45, 2.75) is 32.0 Å². The highest BCUT2D eigenvalue weighted by Crippen LogP contribution is 2.23. The number of rotatable bonds is 11. The van der Waals surface area contributed by atoms with Gasteiger partial charge < -0.3 is 29.0 Å². The number of allylic oxidation sites excluding steroid dienone is 1. The van der Waals surface area contributed by atoms with E-state index in [9.17, 15) is 23.6 Å². The van der Waals surface area contributed by atoms with E-state index in [-0.39, 0.29) is 36.9 Å². The van der Waals surface area contributed by atoms with E-state index in [1.807, 2.05) is 41.0 Å². The third-order valence-electron chi connectivity index (χ3n) is 6.82. The molecule has 44 heavy (non-hydrogen) atoms. The Hall–Kier alpha value is -5.26. The Balaban J connectivity index is 1.57. The number of carbonyl (C=O) groups excluding carboxylic acids is 3. The van der Waals surface area contributed by atoms with Crippen molar-refractivity contribution in [3.05, 3.63) is 107 Å². The summed E-state index contributed by atoms with van der Waals surface area (Å²) < 4.78 is 22.8. The smallest absolute Gasteiger partial charge is 0.410 e. The fourth-order valence-electron chi connectivity index (χ4n) is 4.46. The third kappa shape index (κ3) is 7.97. The molecule has 0 bridgehead atoms. The zero-order chi connectivity index (χ0) is 31.8. The molecule has 0 saturated carbocycles. The van der Waals surface area contributed by atoms with Gasteiger partial charge in [0.2, 0.25) is 5.91 Å². The lowest BCUT2D eigenvalue weighted by atomic mass is 10.1. The second kappa shape index (κ2) is 14.3. The van der Waals surface area contributed by atoms with Gasteiger partial charge in [-0.3, -0.25) is 14.4 Å². The van der Waals surface area contributed by atoms with E-state index in [0.29, 0.717) is 11.9 Å². The maximum Gasteiger partial charge on any atom is 0.410 e. The molecule has 1 atom stereocenters. The number of amides is 3. The van der Waals surface area contributed by atoms with Gasteiger partial charge in [0.1, 0.15) is 5.82 Å². The van der Waals surface area contributed by atoms with Crippen LogP contribution in [0.2, 0.25) is 0 Å². The van der Waals surface area contributed by atoms with Crippen LogP contribution < -0.4 is 10.9 Å². The normalized spacial score (nSPS) is 11.8. The van der Waals surface area contributed by atoms with Crippen LogP contribution in [0.1, 0.15) is 24.1 Å². The van der Waals surface area contributed by atoms with Crippen molar-refractivity contribution in [2.24, 2.45) is 0 Å². The van der Waals surface area contributed by atoms with Gasteiger partial charge in [-0.05, 0) is 48.7 Å². The van der Waals surface area contributed by atoms with Crippen LogP contribution in [-0.4, -0.2) is 76.1 Å². The molecule has 0 radical (unpaired) electrons. The van der Waals surface area contributed by atoms with E-state index >= 15 is 0 Å². The number of fused-ring (bicyclic) bond motifs is 1. The molecule has 12 heteroatoms. The maximum absolute atomic E-state index is 14.1. The first-order valence-corrected chi connectivity index (χ1v) is 14.0. The summed E-state index contributed by atoms with van der Waals surface area (Å²) in [4.78, 5) is 57.4. The predicted molar refractivity (Wildman–Crippen MR) is 165 cm³/mol. The van der Waals surface area contributed by atoms with E-state index in [1.54, 1.807) is 26.2 Å². The van der Waals surface area contributed by atoms with Gasteiger partial charge in [0, 0.05) is 63.7 Å². The number of nitrogens with zero attached hydrogens (tertiary/aromatic N) is 5. The van der Waals surface area contributed by atoms with Gasteiger partial charge in [-0.2, -0.15) is 0 Å². The van der Waals surface area contributed by atoms with Gasteiger partial charge in [-0.15, -0.1) is 0 Å². The Morgan fingerprint density at radius 3 is 2.48 bits per heavy atom. The largest absolute Gasteiger partial charge is 0.436 e. The molecular weight excluding hydrogens is 567 g/mol. The van der Waals surface area contributed by atoms with Crippen LogP contribution in [-0.2, 0) is 27.4 Å². The van der Waals surface area contributed by atoms with Crippen LogP contribution >= 0.6 is 0 Å². The first-order chi connectivity index (χ1) is 21.0. The Labute approximate surface area is 254 Å². The third-order valence-corrected chi connectivity index (χ3v) is 6.82. The van der Waals surface area contributed by atoms with Crippen LogP contribution in [0.4, 0.5) is 15.0 Å². The van der Waals surface area contributed by atoms with Crippen molar-refractivity contribution in [3.8, 4) is 0 Å². The number of ether oxygens (including phenoxy) is 1. The highest BCUT2D eigenvalue weighted by molar-refractivity contribution is 5.94. The summed E-state index contributed by atoms with van der Waals surface area (Å²) in [5.41, 5.74) is 2.02. The van der Waals surface area contributed by atoms with E-state index in [0.717, 1.165) is 16.8 Å². The minimum absolute atomic E-state index is 0.0692. The fourth-order valence-corrected chi connectivity index (χ4v) is 4.46. The summed E-state index contributed by atoms with van der Waals surface area (Å²) in [7, 11) is 6.19. The number of hydrogen-bond donors (Lipinski definition) is 1. The van der Waals surface area contributed by atoms with Crippen molar-refractivity contribution in [3.63, 3.8) is 0 Å². The zero-order valence-corrected chi connectivity index (χ0v) is 25.1. The lowest BCUT2D eigenvalue weighted by Crippen LogP contribution is -2.38. The van der Waals surface area contributed by atoms with Crippen LogP contribution in [0.15, 0.2) is 83.9 Å². The molecule has 4 aromatic rings. The van der Waals surface area contributed by atoms with Crippen LogP contribution in [0.5, 0.6) is 0 Å². The number of aromatic nitrogens is 3. The monoisotopic (exact) mass is 602 g/mol. The first kappa shape index (κ1) is 31.7. The molecule has 0 fully saturated rings. The van der Waals surface area contributed by atoms with E-state index < -0.39 is 23.7 Å². The quantitative estimate of drug-likeness (QED) is 0.261. The van der Waals surface area contributed by atoms with Crippen molar-refractivity contribution < 1.29 is 23.5 Å². The molecule has 2 aromatic heterocycles. The average molecular weight is 603 g/mol. The van der Waals surface area contributed by atoms with Crippen molar-refractivity contribution in [2.75, 3.05) is 33.5 Å². The van der Waals surface area contributed by atoms with Crippen molar-refractivity contribution >= 4 is 34.6 Å². The topological polar surface area (TPSA) is 119 Å². The van der Waals surface area contributed by atoms with Gasteiger partial charge >= 0.3 is 6.09 Å². The Bertz CT molecular complexity index is 1730. The molecule has 230 valence electrons. The number of likely N-dealkylation sites (N-methyl/N-ethyl adjacent to an activating group) is 1. The number of benzene rings is 2. The van der Waals surface area contributed by atoms with Crippen LogP contribution in [0.25, 0.3) is 10.9 Å². The SMILES string of the molecule is CN(C)C(=O)/C=C/CC[C@H](OC(=O)N(C)C)C(=O)Nc1nccn(Cc2cc3cc(F)ccc3n2Cc2ccccc2)c1=O. The Kier molecular flexibility index (Phi) is 10.3. The molecule has 0 spiro atoms. The summed E-state index contributed by atoms with van der Waals surface area (Å²) in [5, 5.41) is 3.20. The maximum atomic E-state index is 14.1. The lowest BCUT2D eigenvalue weighted by Gasteiger charge is -2.19. The lowest BCUT2D eigenvalue weighted by molar-refractivity contribution is -0.125. The molecule has 3 amide bonds. The first-order valence-electron chi connectivity index (χ1n) is 14.0. The zero-order valence-electron chi connectivity index (χ0n) is 25.1. The molecule has 2 heterocycles. The number of anilines is 1. The van der Waals surface area contributed by atoms with Gasteiger partial charge in [0.15, 0.2) is 11.9 Å². The van der Waals surface area contributed by atoms with E-state index in [4.69, 9.17) is 4.74 Å². The summed E-state index contributed by atoms with van der Waals surface area (Å²) in [6.45, 7) is 0.624. The molecule has 0 aliphatic carbocycles. The predicted octanol–water partition coefficient (Wildman–Crippen LogP) is 3.86. The molecule has 0 saturated heterocycles. The van der Waals surface area contributed by atoms with Crippen LogP contribution in [0, 0.1) is 5.82 Å². The second-order valence-electron chi connectivity index (χ2n) is 10.6.